The molecule has 0 unspecified atom stereocenters. The lowest BCUT2D eigenvalue weighted by molar-refractivity contribution is -0.122. The monoisotopic (exact) mass is 322 g/mol. The summed E-state index contributed by atoms with van der Waals surface area (Å²) in [7, 11) is 0. The molecule has 0 fully saturated rings. The lowest BCUT2D eigenvalue weighted by Crippen LogP contribution is -2.31. The van der Waals surface area contributed by atoms with Crippen molar-refractivity contribution in [1.29, 1.82) is 0 Å². The highest BCUT2D eigenvalue weighted by atomic mass is 16.1. The third-order valence-corrected chi connectivity index (χ3v) is 5.02. The Labute approximate surface area is 147 Å². The Balaban J connectivity index is 2.42. The van der Waals surface area contributed by atoms with Crippen molar-refractivity contribution in [2.45, 2.75) is 65.2 Å². The molecular weight excluding hydrogens is 292 g/mol. The summed E-state index contributed by atoms with van der Waals surface area (Å²) in [6, 6.07) is 16.6. The van der Waals surface area contributed by atoms with E-state index in [0.29, 0.717) is 18.3 Å². The number of ketones is 1. The van der Waals surface area contributed by atoms with Crippen LogP contribution in [-0.2, 0) is 16.6 Å². The number of benzene rings is 2. The molecule has 1 nitrogen and oxygen atoms in total. The number of carbonyl (C=O) groups excluding carboxylic acids is 1. The minimum atomic E-state index is -0.473. The summed E-state index contributed by atoms with van der Waals surface area (Å²) in [5.74, 6) is 1.13. The van der Waals surface area contributed by atoms with E-state index in [1.807, 2.05) is 32.0 Å². The first kappa shape index (κ1) is 18.4. The van der Waals surface area contributed by atoms with E-state index in [4.69, 9.17) is 0 Å². The second-order valence-corrected chi connectivity index (χ2v) is 7.82. The molecule has 0 N–H and O–H groups in total. The standard InChI is InChI=1S/C23H30O/c1-16(2)19-13-10-14-20(17(3)4)21(19)15-22(24)23(5,6)18-11-8-7-9-12-18/h7-14,16-17H,15H2,1-6H3. The van der Waals surface area contributed by atoms with Crippen molar-refractivity contribution in [2.24, 2.45) is 0 Å². The number of hydrogen-bond donors (Lipinski definition) is 0. The quantitative estimate of drug-likeness (QED) is 0.635. The summed E-state index contributed by atoms with van der Waals surface area (Å²) < 4.78 is 0. The molecule has 2 aromatic carbocycles. The highest BCUT2D eigenvalue weighted by Crippen LogP contribution is 2.32. The fraction of sp³-hybridized carbons (Fsp3) is 0.435. The van der Waals surface area contributed by atoms with Gasteiger partial charge in [-0.25, -0.2) is 0 Å². The van der Waals surface area contributed by atoms with Crippen molar-refractivity contribution in [2.75, 3.05) is 0 Å². The van der Waals surface area contributed by atoms with Crippen LogP contribution in [0.5, 0.6) is 0 Å². The zero-order valence-electron chi connectivity index (χ0n) is 15.9. The Morgan fingerprint density at radius 1 is 0.833 bits per heavy atom. The molecule has 0 heterocycles. The summed E-state index contributed by atoms with van der Waals surface area (Å²) in [6.07, 6.45) is 0.504. The third kappa shape index (κ3) is 3.77. The van der Waals surface area contributed by atoms with Crippen LogP contribution in [0.2, 0.25) is 0 Å². The first-order valence-electron chi connectivity index (χ1n) is 8.95. The summed E-state index contributed by atoms with van der Waals surface area (Å²) in [4.78, 5) is 13.2. The molecule has 0 bridgehead atoms. The molecule has 24 heavy (non-hydrogen) atoms. The van der Waals surface area contributed by atoms with Crippen molar-refractivity contribution in [1.82, 2.24) is 0 Å². The van der Waals surface area contributed by atoms with Gasteiger partial charge < -0.3 is 0 Å². The van der Waals surface area contributed by atoms with Crippen LogP contribution in [0.1, 0.15) is 75.6 Å². The van der Waals surface area contributed by atoms with Gasteiger partial charge in [0.25, 0.3) is 0 Å². The van der Waals surface area contributed by atoms with Crippen molar-refractivity contribution in [3.05, 3.63) is 70.8 Å². The van der Waals surface area contributed by atoms with Gasteiger partial charge in [-0.2, -0.15) is 0 Å². The second kappa shape index (κ2) is 7.34. The summed E-state index contributed by atoms with van der Waals surface area (Å²) in [5, 5.41) is 0. The van der Waals surface area contributed by atoms with E-state index in [0.717, 1.165) is 5.56 Å². The molecule has 0 aliphatic carbocycles. The molecule has 128 valence electrons. The van der Waals surface area contributed by atoms with Crippen molar-refractivity contribution < 1.29 is 4.79 Å². The molecule has 1 heteroatoms. The SMILES string of the molecule is CC(C)c1cccc(C(C)C)c1CC(=O)C(C)(C)c1ccccc1. The molecule has 0 aliphatic heterocycles. The zero-order valence-corrected chi connectivity index (χ0v) is 15.9. The Morgan fingerprint density at radius 2 is 1.33 bits per heavy atom. The van der Waals surface area contributed by atoms with Gasteiger partial charge in [0.2, 0.25) is 0 Å². The summed E-state index contributed by atoms with van der Waals surface area (Å²) in [6.45, 7) is 12.9. The number of carbonyl (C=O) groups is 1. The lowest BCUT2D eigenvalue weighted by Gasteiger charge is -2.26. The fourth-order valence-corrected chi connectivity index (χ4v) is 3.31. The molecule has 0 spiro atoms. The Hall–Kier alpha value is -1.89. The van der Waals surface area contributed by atoms with Crippen LogP contribution in [0.25, 0.3) is 0 Å². The van der Waals surface area contributed by atoms with Crippen LogP contribution < -0.4 is 0 Å². The maximum Gasteiger partial charge on any atom is 0.147 e. The van der Waals surface area contributed by atoms with Crippen LogP contribution in [0.3, 0.4) is 0 Å². The average molecular weight is 322 g/mol. The highest BCUT2D eigenvalue weighted by molar-refractivity contribution is 5.91. The maximum absolute atomic E-state index is 13.2. The number of hydrogen-bond acceptors (Lipinski definition) is 1. The lowest BCUT2D eigenvalue weighted by atomic mass is 9.76. The normalized spacial score (nSPS) is 12.0. The summed E-state index contributed by atoms with van der Waals surface area (Å²) >= 11 is 0. The van der Waals surface area contributed by atoms with Gasteiger partial charge in [-0.05, 0) is 47.9 Å². The zero-order chi connectivity index (χ0) is 17.9. The molecule has 0 atom stereocenters. The van der Waals surface area contributed by atoms with Crippen LogP contribution >= 0.6 is 0 Å². The smallest absolute Gasteiger partial charge is 0.147 e. The molecule has 0 aliphatic rings. The highest BCUT2D eigenvalue weighted by Gasteiger charge is 2.30. The molecule has 2 rings (SSSR count). The van der Waals surface area contributed by atoms with E-state index in [1.165, 1.54) is 16.7 Å². The molecule has 0 saturated heterocycles. The van der Waals surface area contributed by atoms with Crippen molar-refractivity contribution in [3.8, 4) is 0 Å². The third-order valence-electron chi connectivity index (χ3n) is 5.02. The second-order valence-electron chi connectivity index (χ2n) is 7.82. The van der Waals surface area contributed by atoms with Crippen LogP contribution in [0.4, 0.5) is 0 Å². The van der Waals surface area contributed by atoms with Gasteiger partial charge in [0.1, 0.15) is 5.78 Å². The Morgan fingerprint density at radius 3 is 1.79 bits per heavy atom. The Bertz CT molecular complexity index is 667. The van der Waals surface area contributed by atoms with Gasteiger partial charge in [-0.3, -0.25) is 4.79 Å². The number of rotatable bonds is 6. The van der Waals surface area contributed by atoms with Crippen molar-refractivity contribution in [3.63, 3.8) is 0 Å². The predicted molar refractivity (Wildman–Crippen MR) is 103 cm³/mol. The molecule has 0 saturated carbocycles. The van der Waals surface area contributed by atoms with Gasteiger partial charge in [0.15, 0.2) is 0 Å². The number of Topliss-reactive ketones (excluding diaryl/α,β-unsaturated/α-hetero) is 1. The molecule has 2 aromatic rings. The minimum Gasteiger partial charge on any atom is -0.298 e. The van der Waals surface area contributed by atoms with E-state index < -0.39 is 5.41 Å². The first-order valence-corrected chi connectivity index (χ1v) is 8.95. The van der Waals surface area contributed by atoms with E-state index in [9.17, 15) is 4.79 Å². The van der Waals surface area contributed by atoms with Gasteiger partial charge in [-0.1, -0.05) is 76.2 Å². The molecule has 0 aromatic heterocycles. The van der Waals surface area contributed by atoms with Crippen LogP contribution in [-0.4, -0.2) is 5.78 Å². The van der Waals surface area contributed by atoms with E-state index in [1.54, 1.807) is 0 Å². The van der Waals surface area contributed by atoms with E-state index in [2.05, 4.69) is 58.0 Å². The Kier molecular flexibility index (Phi) is 5.64. The fourth-order valence-electron chi connectivity index (χ4n) is 3.31. The predicted octanol–water partition coefficient (Wildman–Crippen LogP) is 6.02. The van der Waals surface area contributed by atoms with Crippen LogP contribution in [0, 0.1) is 0 Å². The minimum absolute atomic E-state index is 0.281. The average Bonchev–Trinajstić information content (AvgIpc) is 2.55. The van der Waals surface area contributed by atoms with Gasteiger partial charge in [0.05, 0.1) is 0 Å². The molecule has 0 amide bonds. The largest absolute Gasteiger partial charge is 0.298 e. The van der Waals surface area contributed by atoms with Gasteiger partial charge >= 0.3 is 0 Å². The van der Waals surface area contributed by atoms with E-state index in [-0.39, 0.29) is 5.78 Å². The topological polar surface area (TPSA) is 17.1 Å². The van der Waals surface area contributed by atoms with Crippen molar-refractivity contribution >= 4 is 5.78 Å². The van der Waals surface area contributed by atoms with Gasteiger partial charge in [-0.15, -0.1) is 0 Å². The van der Waals surface area contributed by atoms with Crippen LogP contribution in [0.15, 0.2) is 48.5 Å². The maximum atomic E-state index is 13.2. The summed E-state index contributed by atoms with van der Waals surface area (Å²) in [5.41, 5.74) is 4.45. The van der Waals surface area contributed by atoms with Gasteiger partial charge in [0, 0.05) is 11.8 Å². The molecular formula is C23H30O. The first-order chi connectivity index (χ1) is 11.2. The van der Waals surface area contributed by atoms with E-state index >= 15 is 0 Å². The molecule has 0 radical (unpaired) electrons.